The van der Waals surface area contributed by atoms with Crippen LogP contribution in [-0.4, -0.2) is 52.9 Å². The van der Waals surface area contributed by atoms with E-state index in [2.05, 4.69) is 26.2 Å². The molecule has 140 valence electrons. The van der Waals surface area contributed by atoms with Crippen molar-refractivity contribution in [3.8, 4) is 0 Å². The van der Waals surface area contributed by atoms with Crippen molar-refractivity contribution in [3.05, 3.63) is 45.4 Å². The standard InChI is InChI=1S/C19H25ClN4OS/c1-13-15(3)26-19(21-13)22-18(25)14(2)24-9-7-23(8-10-24)12-16-5-4-6-17(20)11-16/h4-6,11,14H,7-10,12H2,1-3H3,(H,21,22,25). The van der Waals surface area contributed by atoms with Gasteiger partial charge in [0.2, 0.25) is 5.91 Å². The van der Waals surface area contributed by atoms with Crippen LogP contribution in [0, 0.1) is 13.8 Å². The Labute approximate surface area is 164 Å². The first-order valence-corrected chi connectivity index (χ1v) is 10.1. The number of thiazole rings is 1. The topological polar surface area (TPSA) is 48.5 Å². The Morgan fingerprint density at radius 3 is 2.65 bits per heavy atom. The molecule has 2 heterocycles. The van der Waals surface area contributed by atoms with Gasteiger partial charge in [-0.15, -0.1) is 11.3 Å². The number of nitrogens with one attached hydrogen (secondary N) is 1. The molecular formula is C19H25ClN4OS. The van der Waals surface area contributed by atoms with E-state index in [-0.39, 0.29) is 11.9 Å². The molecule has 0 spiro atoms. The van der Waals surface area contributed by atoms with Gasteiger partial charge >= 0.3 is 0 Å². The molecule has 1 atom stereocenters. The second kappa shape index (κ2) is 8.48. The lowest BCUT2D eigenvalue weighted by atomic mass is 10.1. The zero-order valence-corrected chi connectivity index (χ0v) is 17.0. The van der Waals surface area contributed by atoms with Crippen molar-refractivity contribution in [3.63, 3.8) is 0 Å². The molecule has 7 heteroatoms. The molecule has 1 fully saturated rings. The molecule has 1 aromatic carbocycles. The quantitative estimate of drug-likeness (QED) is 0.845. The van der Waals surface area contributed by atoms with Crippen molar-refractivity contribution in [1.82, 2.24) is 14.8 Å². The number of benzene rings is 1. The predicted molar refractivity (Wildman–Crippen MR) is 108 cm³/mol. The Hall–Kier alpha value is -1.47. The van der Waals surface area contributed by atoms with Crippen molar-refractivity contribution >= 4 is 34.0 Å². The van der Waals surface area contributed by atoms with Gasteiger partial charge in [-0.25, -0.2) is 4.98 Å². The number of aromatic nitrogens is 1. The highest BCUT2D eigenvalue weighted by Crippen LogP contribution is 2.22. The van der Waals surface area contributed by atoms with E-state index in [4.69, 9.17) is 11.6 Å². The fourth-order valence-electron chi connectivity index (χ4n) is 3.10. The van der Waals surface area contributed by atoms with Gasteiger partial charge in [0.1, 0.15) is 0 Å². The van der Waals surface area contributed by atoms with Crippen LogP contribution in [0.5, 0.6) is 0 Å². The van der Waals surface area contributed by atoms with Crippen molar-refractivity contribution in [2.75, 3.05) is 31.5 Å². The third-order valence-electron chi connectivity index (χ3n) is 4.89. The molecule has 0 radical (unpaired) electrons. The highest BCUT2D eigenvalue weighted by atomic mass is 35.5. The Bertz CT molecular complexity index is 751. The summed E-state index contributed by atoms with van der Waals surface area (Å²) in [7, 11) is 0. The van der Waals surface area contributed by atoms with E-state index < -0.39 is 0 Å². The molecule has 2 aromatic rings. The van der Waals surface area contributed by atoms with Gasteiger partial charge in [-0.05, 0) is 38.5 Å². The summed E-state index contributed by atoms with van der Waals surface area (Å²) in [5.41, 5.74) is 2.21. The largest absolute Gasteiger partial charge is 0.301 e. The highest BCUT2D eigenvalue weighted by molar-refractivity contribution is 7.15. The smallest absolute Gasteiger partial charge is 0.243 e. The highest BCUT2D eigenvalue weighted by Gasteiger charge is 2.26. The van der Waals surface area contributed by atoms with Crippen molar-refractivity contribution in [2.24, 2.45) is 0 Å². The number of halogens is 1. The van der Waals surface area contributed by atoms with E-state index >= 15 is 0 Å². The maximum absolute atomic E-state index is 12.5. The van der Waals surface area contributed by atoms with Gasteiger partial charge in [0.15, 0.2) is 5.13 Å². The van der Waals surface area contributed by atoms with Gasteiger partial charge in [0, 0.05) is 42.6 Å². The van der Waals surface area contributed by atoms with E-state index in [9.17, 15) is 4.79 Å². The minimum atomic E-state index is -0.159. The van der Waals surface area contributed by atoms with Crippen molar-refractivity contribution < 1.29 is 4.79 Å². The summed E-state index contributed by atoms with van der Waals surface area (Å²) in [6.45, 7) is 10.5. The maximum Gasteiger partial charge on any atom is 0.243 e. The van der Waals surface area contributed by atoms with Crippen LogP contribution in [0.1, 0.15) is 23.1 Å². The first kappa shape index (κ1) is 19.3. The molecule has 0 saturated carbocycles. The van der Waals surface area contributed by atoms with Crippen LogP contribution in [0.4, 0.5) is 5.13 Å². The molecule has 1 aliphatic heterocycles. The number of anilines is 1. The molecule has 1 N–H and O–H groups in total. The molecular weight excluding hydrogens is 368 g/mol. The zero-order valence-electron chi connectivity index (χ0n) is 15.5. The third-order valence-corrected chi connectivity index (χ3v) is 6.11. The number of hydrogen-bond donors (Lipinski definition) is 1. The normalized spacial score (nSPS) is 17.2. The number of piperazine rings is 1. The Morgan fingerprint density at radius 1 is 1.31 bits per heavy atom. The van der Waals surface area contributed by atoms with Gasteiger partial charge in [-0.2, -0.15) is 0 Å². The van der Waals surface area contributed by atoms with Crippen LogP contribution in [0.3, 0.4) is 0 Å². The van der Waals surface area contributed by atoms with Gasteiger partial charge in [0.05, 0.1) is 11.7 Å². The summed E-state index contributed by atoms with van der Waals surface area (Å²) in [6, 6.07) is 7.85. The summed E-state index contributed by atoms with van der Waals surface area (Å²) in [6.07, 6.45) is 0. The van der Waals surface area contributed by atoms with E-state index in [1.54, 1.807) is 0 Å². The van der Waals surface area contributed by atoms with E-state index in [1.165, 1.54) is 16.9 Å². The lowest BCUT2D eigenvalue weighted by Gasteiger charge is -2.37. The van der Waals surface area contributed by atoms with Gasteiger partial charge in [0.25, 0.3) is 0 Å². The summed E-state index contributed by atoms with van der Waals surface area (Å²) < 4.78 is 0. The summed E-state index contributed by atoms with van der Waals surface area (Å²) in [5.74, 6) is 0.0158. The average molecular weight is 393 g/mol. The number of rotatable bonds is 5. The molecule has 3 rings (SSSR count). The molecule has 0 bridgehead atoms. The molecule has 1 saturated heterocycles. The maximum atomic E-state index is 12.5. The van der Waals surface area contributed by atoms with Gasteiger partial charge in [-0.3, -0.25) is 14.6 Å². The average Bonchev–Trinajstić information content (AvgIpc) is 2.92. The third kappa shape index (κ3) is 4.82. The fraction of sp³-hybridized carbons (Fsp3) is 0.474. The van der Waals surface area contributed by atoms with Crippen molar-refractivity contribution in [2.45, 2.75) is 33.4 Å². The molecule has 26 heavy (non-hydrogen) atoms. The summed E-state index contributed by atoms with van der Waals surface area (Å²) in [5, 5.41) is 4.42. The predicted octanol–water partition coefficient (Wildman–Crippen LogP) is 3.56. The first-order chi connectivity index (χ1) is 12.4. The van der Waals surface area contributed by atoms with Gasteiger partial charge < -0.3 is 5.32 Å². The zero-order chi connectivity index (χ0) is 18.7. The van der Waals surface area contributed by atoms with Crippen LogP contribution >= 0.6 is 22.9 Å². The van der Waals surface area contributed by atoms with Crippen LogP contribution in [0.15, 0.2) is 24.3 Å². The van der Waals surface area contributed by atoms with E-state index in [0.29, 0.717) is 5.13 Å². The SMILES string of the molecule is Cc1nc(NC(=O)C(C)N2CCN(Cc3cccc(Cl)c3)CC2)sc1C. The van der Waals surface area contributed by atoms with E-state index in [1.807, 2.05) is 39.0 Å². The Morgan fingerprint density at radius 2 is 2.04 bits per heavy atom. The number of aryl methyl sites for hydroxylation is 2. The van der Waals surface area contributed by atoms with Crippen LogP contribution in [-0.2, 0) is 11.3 Å². The van der Waals surface area contributed by atoms with E-state index in [0.717, 1.165) is 48.3 Å². The number of carbonyl (C=O) groups is 1. The monoisotopic (exact) mass is 392 g/mol. The van der Waals surface area contributed by atoms with Crippen LogP contribution in [0.2, 0.25) is 5.02 Å². The summed E-state index contributed by atoms with van der Waals surface area (Å²) >= 11 is 7.59. The lowest BCUT2D eigenvalue weighted by molar-refractivity contribution is -0.121. The number of hydrogen-bond acceptors (Lipinski definition) is 5. The van der Waals surface area contributed by atoms with Crippen molar-refractivity contribution in [1.29, 1.82) is 0 Å². The lowest BCUT2D eigenvalue weighted by Crippen LogP contribution is -2.52. The molecule has 1 aliphatic rings. The minimum absolute atomic E-state index is 0.0158. The number of carbonyl (C=O) groups excluding carboxylic acids is 1. The molecule has 0 aliphatic carbocycles. The molecule has 1 amide bonds. The molecule has 1 aromatic heterocycles. The first-order valence-electron chi connectivity index (χ1n) is 8.88. The fourth-order valence-corrected chi connectivity index (χ4v) is 4.13. The number of nitrogens with zero attached hydrogens (tertiary/aromatic N) is 3. The van der Waals surface area contributed by atoms with Crippen LogP contribution < -0.4 is 5.32 Å². The van der Waals surface area contributed by atoms with Gasteiger partial charge in [-0.1, -0.05) is 23.7 Å². The van der Waals surface area contributed by atoms with Crippen LogP contribution in [0.25, 0.3) is 0 Å². The Balaban J connectivity index is 1.49. The molecule has 1 unspecified atom stereocenters. The number of amides is 1. The summed E-state index contributed by atoms with van der Waals surface area (Å²) in [4.78, 5) is 22.7. The second-order valence-electron chi connectivity index (χ2n) is 6.77. The minimum Gasteiger partial charge on any atom is -0.301 e. The Kier molecular flexibility index (Phi) is 6.29. The second-order valence-corrected chi connectivity index (χ2v) is 8.41. The molecule has 5 nitrogen and oxygen atoms in total.